The van der Waals surface area contributed by atoms with E-state index >= 15 is 0 Å². The molecule has 68 valence electrons. The van der Waals surface area contributed by atoms with Crippen molar-refractivity contribution in [2.24, 2.45) is 0 Å². The van der Waals surface area contributed by atoms with Crippen molar-refractivity contribution in [3.05, 3.63) is 35.4 Å². The van der Waals surface area contributed by atoms with E-state index in [0.29, 0.717) is 5.92 Å². The Labute approximate surface area is 73.4 Å². The highest BCUT2D eigenvalue weighted by molar-refractivity contribution is 5.24. The van der Waals surface area contributed by atoms with E-state index in [1.165, 1.54) is 11.1 Å². The lowest BCUT2D eigenvalue weighted by atomic mass is 10.0. The molecule has 1 aromatic rings. The first-order chi connectivity index (χ1) is 5.70. The average molecular weight is 168 g/mol. The van der Waals surface area contributed by atoms with Crippen LogP contribution in [0, 0.1) is 6.92 Å². The van der Waals surface area contributed by atoms with E-state index in [9.17, 15) is 0 Å². The number of hydrogen-bond acceptors (Lipinski definition) is 2. The minimum atomic E-state index is 0.653. The van der Waals surface area contributed by atoms with E-state index in [-0.39, 0.29) is 0 Å². The smallest absolute Gasteiger partial charge is 0.0219 e. The van der Waals surface area contributed by atoms with Crippen LogP contribution in [0.15, 0.2) is 24.3 Å². The maximum absolute atomic E-state index is 6.00. The SMILES string of the molecule is Cc1cccc(C(C)C)c1.OO. The van der Waals surface area contributed by atoms with Gasteiger partial charge in [-0.15, -0.1) is 0 Å². The third kappa shape index (κ3) is 3.51. The summed E-state index contributed by atoms with van der Waals surface area (Å²) in [6.45, 7) is 6.56. The zero-order valence-electron chi connectivity index (χ0n) is 7.78. The van der Waals surface area contributed by atoms with Gasteiger partial charge in [0.2, 0.25) is 0 Å². The average Bonchev–Trinajstić information content (AvgIpc) is 2.08. The fourth-order valence-electron chi connectivity index (χ4n) is 1.03. The number of rotatable bonds is 1. The molecule has 1 rings (SSSR count). The lowest BCUT2D eigenvalue weighted by Crippen LogP contribution is -1.86. The zero-order chi connectivity index (χ0) is 9.56. The van der Waals surface area contributed by atoms with Crippen molar-refractivity contribution in [1.29, 1.82) is 0 Å². The van der Waals surface area contributed by atoms with Gasteiger partial charge in [-0.1, -0.05) is 43.7 Å². The van der Waals surface area contributed by atoms with Crippen LogP contribution in [0.2, 0.25) is 0 Å². The number of aryl methyl sites for hydroxylation is 1. The Morgan fingerprint density at radius 3 is 2.08 bits per heavy atom. The molecule has 0 aromatic heterocycles. The summed E-state index contributed by atoms with van der Waals surface area (Å²) in [5.74, 6) is 0.653. The van der Waals surface area contributed by atoms with Gasteiger partial charge in [0.15, 0.2) is 0 Å². The first-order valence-electron chi connectivity index (χ1n) is 3.96. The largest absolute Gasteiger partial charge is 0.255 e. The summed E-state index contributed by atoms with van der Waals surface area (Å²) in [5, 5.41) is 12.0. The molecule has 0 bridgehead atoms. The molecule has 0 atom stereocenters. The van der Waals surface area contributed by atoms with Gasteiger partial charge in [-0.25, -0.2) is 0 Å². The monoisotopic (exact) mass is 168 g/mol. The van der Waals surface area contributed by atoms with Crippen molar-refractivity contribution >= 4 is 0 Å². The van der Waals surface area contributed by atoms with Crippen LogP contribution < -0.4 is 0 Å². The lowest BCUT2D eigenvalue weighted by Gasteiger charge is -2.04. The third-order valence-electron chi connectivity index (χ3n) is 1.71. The summed E-state index contributed by atoms with van der Waals surface area (Å²) in [6, 6.07) is 8.67. The summed E-state index contributed by atoms with van der Waals surface area (Å²) in [5.41, 5.74) is 2.78. The summed E-state index contributed by atoms with van der Waals surface area (Å²) < 4.78 is 0. The van der Waals surface area contributed by atoms with Gasteiger partial charge < -0.3 is 0 Å². The van der Waals surface area contributed by atoms with E-state index in [1.807, 2.05) is 0 Å². The molecule has 2 heteroatoms. The van der Waals surface area contributed by atoms with Gasteiger partial charge in [0.05, 0.1) is 0 Å². The maximum atomic E-state index is 6.00. The minimum Gasteiger partial charge on any atom is -0.255 e. The van der Waals surface area contributed by atoms with Gasteiger partial charge in [0.1, 0.15) is 0 Å². The van der Waals surface area contributed by atoms with Crippen LogP contribution in [0.4, 0.5) is 0 Å². The Morgan fingerprint density at radius 1 is 1.17 bits per heavy atom. The highest BCUT2D eigenvalue weighted by Gasteiger charge is 1.96. The van der Waals surface area contributed by atoms with Crippen LogP contribution in [0.1, 0.15) is 30.9 Å². The molecule has 0 aliphatic rings. The van der Waals surface area contributed by atoms with Crippen LogP contribution in [0.25, 0.3) is 0 Å². The van der Waals surface area contributed by atoms with E-state index in [0.717, 1.165) is 0 Å². The summed E-state index contributed by atoms with van der Waals surface area (Å²) in [4.78, 5) is 0. The van der Waals surface area contributed by atoms with E-state index in [4.69, 9.17) is 10.5 Å². The van der Waals surface area contributed by atoms with E-state index in [1.54, 1.807) is 0 Å². The summed E-state index contributed by atoms with van der Waals surface area (Å²) >= 11 is 0. The first-order valence-corrected chi connectivity index (χ1v) is 3.96. The normalized spacial score (nSPS) is 9.17. The van der Waals surface area contributed by atoms with Crippen LogP contribution >= 0.6 is 0 Å². The highest BCUT2D eigenvalue weighted by atomic mass is 17.0. The molecule has 0 saturated carbocycles. The van der Waals surface area contributed by atoms with Gasteiger partial charge in [-0.3, -0.25) is 10.5 Å². The molecule has 0 spiro atoms. The second-order valence-corrected chi connectivity index (χ2v) is 3.07. The van der Waals surface area contributed by atoms with Crippen LogP contribution in [0.3, 0.4) is 0 Å². The summed E-state index contributed by atoms with van der Waals surface area (Å²) in [7, 11) is 0. The van der Waals surface area contributed by atoms with Gasteiger partial charge in [0.25, 0.3) is 0 Å². The molecule has 12 heavy (non-hydrogen) atoms. The summed E-state index contributed by atoms with van der Waals surface area (Å²) in [6.07, 6.45) is 0. The van der Waals surface area contributed by atoms with Gasteiger partial charge >= 0.3 is 0 Å². The Morgan fingerprint density at radius 2 is 1.75 bits per heavy atom. The lowest BCUT2D eigenvalue weighted by molar-refractivity contribution is -0.176. The Bertz CT molecular complexity index is 219. The van der Waals surface area contributed by atoms with E-state index in [2.05, 4.69) is 45.0 Å². The van der Waals surface area contributed by atoms with Crippen molar-refractivity contribution in [2.75, 3.05) is 0 Å². The quantitative estimate of drug-likeness (QED) is 0.499. The molecule has 0 saturated heterocycles. The fraction of sp³-hybridized carbons (Fsp3) is 0.400. The predicted octanol–water partition coefficient (Wildman–Crippen LogP) is 3.14. The van der Waals surface area contributed by atoms with Gasteiger partial charge in [0, 0.05) is 0 Å². The van der Waals surface area contributed by atoms with Gasteiger partial charge in [-0.05, 0) is 18.4 Å². The molecule has 0 unspecified atom stereocenters. The molecular weight excluding hydrogens is 152 g/mol. The number of benzene rings is 1. The van der Waals surface area contributed by atoms with Crippen molar-refractivity contribution in [3.63, 3.8) is 0 Å². The Balaban J connectivity index is 0.000000561. The van der Waals surface area contributed by atoms with Crippen LogP contribution in [0.5, 0.6) is 0 Å². The topological polar surface area (TPSA) is 40.5 Å². The second kappa shape index (κ2) is 5.75. The molecule has 0 aliphatic heterocycles. The number of hydrogen-bond donors (Lipinski definition) is 2. The molecule has 0 radical (unpaired) electrons. The predicted molar refractivity (Wildman–Crippen MR) is 50.5 cm³/mol. The van der Waals surface area contributed by atoms with Crippen LogP contribution in [-0.2, 0) is 0 Å². The first kappa shape index (κ1) is 11.1. The molecule has 0 amide bonds. The van der Waals surface area contributed by atoms with Crippen molar-refractivity contribution in [3.8, 4) is 0 Å². The molecular formula is C10H16O2. The van der Waals surface area contributed by atoms with Crippen molar-refractivity contribution in [2.45, 2.75) is 26.7 Å². The van der Waals surface area contributed by atoms with Crippen molar-refractivity contribution < 1.29 is 10.5 Å². The van der Waals surface area contributed by atoms with Crippen LogP contribution in [-0.4, -0.2) is 10.5 Å². The highest BCUT2D eigenvalue weighted by Crippen LogP contribution is 2.14. The second-order valence-electron chi connectivity index (χ2n) is 3.07. The zero-order valence-corrected chi connectivity index (χ0v) is 7.78. The third-order valence-corrected chi connectivity index (χ3v) is 1.71. The Hall–Kier alpha value is -0.860. The Kier molecular flexibility index (Phi) is 5.34. The molecule has 0 heterocycles. The van der Waals surface area contributed by atoms with Gasteiger partial charge in [-0.2, -0.15) is 0 Å². The molecule has 2 nitrogen and oxygen atoms in total. The molecule has 1 aromatic carbocycles. The van der Waals surface area contributed by atoms with E-state index < -0.39 is 0 Å². The minimum absolute atomic E-state index is 0.653. The standard InChI is InChI=1S/C10H14.H2O2/c1-8(2)10-6-4-5-9(3)7-10;1-2/h4-8H,1-3H3;1-2H. The fourth-order valence-corrected chi connectivity index (χ4v) is 1.03. The molecule has 2 N–H and O–H groups in total. The molecule has 0 aliphatic carbocycles. The molecule has 0 fully saturated rings. The van der Waals surface area contributed by atoms with Crippen molar-refractivity contribution in [1.82, 2.24) is 0 Å². The maximum Gasteiger partial charge on any atom is -0.0219 e.